The third-order valence-electron chi connectivity index (χ3n) is 5.65. The maximum atomic E-state index is 13.8. The Bertz CT molecular complexity index is 1030. The van der Waals surface area contributed by atoms with Crippen molar-refractivity contribution in [2.45, 2.75) is 52.1 Å². The molecule has 0 bridgehead atoms. The molecule has 0 radical (unpaired) electrons. The molecule has 2 aromatic heterocycles. The van der Waals surface area contributed by atoms with Crippen molar-refractivity contribution in [2.24, 2.45) is 0 Å². The zero-order valence-corrected chi connectivity index (χ0v) is 17.9. The summed E-state index contributed by atoms with van der Waals surface area (Å²) in [6.45, 7) is 5.95. The van der Waals surface area contributed by atoms with E-state index >= 15 is 0 Å². The number of anilines is 1. The Balaban J connectivity index is 1.66. The van der Waals surface area contributed by atoms with E-state index in [9.17, 15) is 8.78 Å². The second-order valence-electron chi connectivity index (χ2n) is 8.08. The summed E-state index contributed by atoms with van der Waals surface area (Å²) in [6, 6.07) is 9.77. The number of ether oxygens (including phenoxy) is 1. The van der Waals surface area contributed by atoms with Gasteiger partial charge in [0, 0.05) is 19.2 Å². The molecule has 1 aliphatic rings. The number of halogens is 2. The fourth-order valence-electron chi connectivity index (χ4n) is 4.07. The van der Waals surface area contributed by atoms with Crippen LogP contribution in [0, 0.1) is 0 Å². The normalized spacial score (nSPS) is 14.7. The van der Waals surface area contributed by atoms with E-state index in [0.29, 0.717) is 18.0 Å². The molecular formula is C23H29F2N5O. The summed E-state index contributed by atoms with van der Waals surface area (Å²) in [5.41, 5.74) is 8.97. The van der Waals surface area contributed by atoms with Crippen LogP contribution in [0.25, 0.3) is 11.0 Å². The average molecular weight is 430 g/mol. The van der Waals surface area contributed by atoms with Crippen molar-refractivity contribution in [3.8, 4) is 5.88 Å². The van der Waals surface area contributed by atoms with Gasteiger partial charge in [0.25, 0.3) is 6.43 Å². The average Bonchev–Trinajstić information content (AvgIpc) is 3.37. The van der Waals surface area contributed by atoms with E-state index in [1.807, 2.05) is 12.1 Å². The molecule has 1 saturated heterocycles. The quantitative estimate of drug-likeness (QED) is 0.496. The van der Waals surface area contributed by atoms with Gasteiger partial charge in [0.1, 0.15) is 5.52 Å². The highest BCUT2D eigenvalue weighted by molar-refractivity contribution is 5.86. The summed E-state index contributed by atoms with van der Waals surface area (Å²) in [5, 5.41) is 0. The van der Waals surface area contributed by atoms with Crippen LogP contribution in [0.2, 0.25) is 0 Å². The number of benzene rings is 1. The van der Waals surface area contributed by atoms with Crippen LogP contribution in [-0.2, 0) is 13.1 Å². The maximum Gasteiger partial charge on any atom is 0.295 e. The Morgan fingerprint density at radius 2 is 1.84 bits per heavy atom. The van der Waals surface area contributed by atoms with Crippen LogP contribution in [0.4, 0.5) is 14.6 Å². The number of nitrogens with zero attached hydrogens (tertiary/aromatic N) is 4. The predicted molar refractivity (Wildman–Crippen MR) is 117 cm³/mol. The predicted octanol–water partition coefficient (Wildman–Crippen LogP) is 4.77. The van der Waals surface area contributed by atoms with E-state index in [1.165, 1.54) is 23.0 Å². The molecule has 8 heteroatoms. The van der Waals surface area contributed by atoms with E-state index in [1.54, 1.807) is 6.07 Å². The Morgan fingerprint density at radius 1 is 1.10 bits per heavy atom. The summed E-state index contributed by atoms with van der Waals surface area (Å²) in [6.07, 6.45) is 1.61. The van der Waals surface area contributed by atoms with Gasteiger partial charge in [-0.2, -0.15) is 4.98 Å². The highest BCUT2D eigenvalue weighted by Crippen LogP contribution is 2.30. The van der Waals surface area contributed by atoms with Crippen LogP contribution in [0.1, 0.15) is 56.0 Å². The standard InChI is InChI=1S/C23H29F2N5O/c1-2-3-11-31-19-13-18-20(22(26)27-19)28-23(21(24)25)30(18)15-17-8-6-7-16(12-17)14-29-9-4-5-10-29/h6-8,12-13,21H,2-5,9-11,14-15H2,1H3,(H2,26,27). The van der Waals surface area contributed by atoms with Crippen molar-refractivity contribution in [3.63, 3.8) is 0 Å². The SMILES string of the molecule is CCCCOc1cc2c(nc(C(F)F)n2Cc2cccc(CN3CCCC3)c2)c(N)n1. The van der Waals surface area contributed by atoms with Crippen molar-refractivity contribution in [1.82, 2.24) is 19.4 Å². The van der Waals surface area contributed by atoms with Gasteiger partial charge in [0.05, 0.1) is 12.1 Å². The number of alkyl halides is 2. The Hall–Kier alpha value is -2.74. The van der Waals surface area contributed by atoms with Crippen LogP contribution < -0.4 is 10.5 Å². The summed E-state index contributed by atoms with van der Waals surface area (Å²) in [5.74, 6) is 0.134. The first-order valence-corrected chi connectivity index (χ1v) is 10.9. The lowest BCUT2D eigenvalue weighted by Crippen LogP contribution is -2.18. The van der Waals surface area contributed by atoms with Gasteiger partial charge in [-0.3, -0.25) is 4.90 Å². The number of likely N-dealkylation sites (tertiary alicyclic amines) is 1. The fraction of sp³-hybridized carbons (Fsp3) is 0.478. The van der Waals surface area contributed by atoms with Crippen LogP contribution in [-0.4, -0.2) is 39.1 Å². The summed E-state index contributed by atoms with van der Waals surface area (Å²) >= 11 is 0. The van der Waals surface area contributed by atoms with Crippen molar-refractivity contribution in [3.05, 3.63) is 47.3 Å². The van der Waals surface area contributed by atoms with Crippen molar-refractivity contribution < 1.29 is 13.5 Å². The molecule has 0 unspecified atom stereocenters. The minimum absolute atomic E-state index is 0.104. The Kier molecular flexibility index (Phi) is 6.65. The zero-order valence-electron chi connectivity index (χ0n) is 17.9. The number of hydrogen-bond acceptors (Lipinski definition) is 5. The van der Waals surface area contributed by atoms with E-state index in [2.05, 4.69) is 33.9 Å². The maximum absolute atomic E-state index is 13.8. The van der Waals surface area contributed by atoms with E-state index in [-0.39, 0.29) is 23.7 Å². The number of fused-ring (bicyclic) bond motifs is 1. The molecule has 166 valence electrons. The molecule has 0 spiro atoms. The third kappa shape index (κ3) is 4.95. The van der Waals surface area contributed by atoms with Gasteiger partial charge < -0.3 is 15.0 Å². The molecule has 0 atom stereocenters. The van der Waals surface area contributed by atoms with E-state index < -0.39 is 6.43 Å². The van der Waals surface area contributed by atoms with Crippen molar-refractivity contribution >= 4 is 16.9 Å². The van der Waals surface area contributed by atoms with Crippen LogP contribution in [0.3, 0.4) is 0 Å². The van der Waals surface area contributed by atoms with E-state index in [4.69, 9.17) is 10.5 Å². The molecule has 1 aliphatic heterocycles. The molecule has 0 saturated carbocycles. The second-order valence-corrected chi connectivity index (χ2v) is 8.08. The topological polar surface area (TPSA) is 69.2 Å². The monoisotopic (exact) mass is 429 g/mol. The number of nitrogen functional groups attached to an aromatic ring is 1. The molecule has 1 fully saturated rings. The highest BCUT2D eigenvalue weighted by Gasteiger charge is 2.22. The second kappa shape index (κ2) is 9.60. The molecule has 3 heterocycles. The van der Waals surface area contributed by atoms with Gasteiger partial charge in [0.15, 0.2) is 11.6 Å². The fourth-order valence-corrected chi connectivity index (χ4v) is 4.07. The molecular weight excluding hydrogens is 400 g/mol. The third-order valence-corrected chi connectivity index (χ3v) is 5.65. The first kappa shape index (κ1) is 21.5. The highest BCUT2D eigenvalue weighted by atomic mass is 19.3. The number of aromatic nitrogens is 3. The molecule has 3 aromatic rings. The van der Waals surface area contributed by atoms with Gasteiger partial charge >= 0.3 is 0 Å². The largest absolute Gasteiger partial charge is 0.478 e. The minimum Gasteiger partial charge on any atom is -0.478 e. The molecule has 31 heavy (non-hydrogen) atoms. The number of pyridine rings is 1. The molecule has 6 nitrogen and oxygen atoms in total. The Morgan fingerprint density at radius 3 is 2.55 bits per heavy atom. The number of nitrogens with two attached hydrogens (primary N) is 1. The lowest BCUT2D eigenvalue weighted by molar-refractivity contribution is 0.136. The van der Waals surface area contributed by atoms with Gasteiger partial charge in [-0.15, -0.1) is 0 Å². The molecule has 0 amide bonds. The summed E-state index contributed by atoms with van der Waals surface area (Å²) in [7, 11) is 0. The smallest absolute Gasteiger partial charge is 0.295 e. The van der Waals surface area contributed by atoms with Gasteiger partial charge in [0.2, 0.25) is 5.88 Å². The lowest BCUT2D eigenvalue weighted by atomic mass is 10.1. The van der Waals surface area contributed by atoms with Crippen molar-refractivity contribution in [1.29, 1.82) is 0 Å². The number of unbranched alkanes of at least 4 members (excludes halogenated alkanes) is 1. The summed E-state index contributed by atoms with van der Waals surface area (Å²) in [4.78, 5) is 10.7. The van der Waals surface area contributed by atoms with Crippen molar-refractivity contribution in [2.75, 3.05) is 25.4 Å². The summed E-state index contributed by atoms with van der Waals surface area (Å²) < 4.78 is 34.8. The first-order valence-electron chi connectivity index (χ1n) is 10.9. The number of imidazole rings is 1. The van der Waals surface area contributed by atoms with Crippen LogP contribution in [0.15, 0.2) is 30.3 Å². The Labute approximate surface area is 181 Å². The minimum atomic E-state index is -2.72. The van der Waals surface area contributed by atoms with Crippen LogP contribution >= 0.6 is 0 Å². The van der Waals surface area contributed by atoms with Gasteiger partial charge in [-0.1, -0.05) is 37.6 Å². The van der Waals surface area contributed by atoms with Gasteiger partial charge in [-0.25, -0.2) is 13.8 Å². The number of rotatable bonds is 9. The van der Waals surface area contributed by atoms with Gasteiger partial charge in [-0.05, 0) is 43.5 Å². The van der Waals surface area contributed by atoms with E-state index in [0.717, 1.165) is 38.0 Å². The van der Waals surface area contributed by atoms with Crippen LogP contribution in [0.5, 0.6) is 5.88 Å². The molecule has 2 N–H and O–H groups in total. The molecule has 0 aliphatic carbocycles. The number of hydrogen-bond donors (Lipinski definition) is 1. The lowest BCUT2D eigenvalue weighted by Gasteiger charge is -2.16. The molecule has 1 aromatic carbocycles. The first-order chi connectivity index (χ1) is 15.0. The molecule has 4 rings (SSSR count). The zero-order chi connectivity index (χ0) is 21.8.